The molecule has 532 valence electrons. The molecule has 1 saturated carbocycles. The number of nitrogens with zero attached hydrogens (tertiary/aromatic N) is 8. The van der Waals surface area contributed by atoms with Crippen molar-refractivity contribution in [1.29, 1.82) is 0 Å². The standard InChI is InChI=1S/C68H70N14O14S6/c1-32-48(83)25-82-55(32)66-79-47(31-101-66)63-75-43(27-98-63)53-39(20-21-40(72-53)62-77-44(29-99-62)57(89)71-37-16-14-36(15-17-37)68(94)95)61-76-45(28-97-61)58(90)73-41(24-49(69)84)64-81-52(33(2)102-64)60(92)80-54(56(88)35-9-5-3-6-10-35)65-78-46(30-100-65)59(91)74-42(67(82)93)23-34-12-18-38(19-13-34)96-26-50(85)70-22-8-4-7-11-51(86)87/h3,5-6,9-10,12-13,18-21,27,29-32,36-37,41-42,45,48,54-56,83,88H,4,7-8,11,14-17,22-26,28H2,1-2H3,(H2,69,84)(H,70,85)(H,71,89)(H,73,90)(H,74,91)(H,80,92)(H,86,87)(H,94,95)/t32-,36?,37?,41-,42-,45?,48-,54-,55-,56+/m0/s1. The first-order valence-corrected chi connectivity index (χ1v) is 38.1. The molecule has 0 spiro atoms. The maximum Gasteiger partial charge on any atom is 0.306 e. The molecule has 11 N–H and O–H groups in total. The van der Waals surface area contributed by atoms with Gasteiger partial charge >= 0.3 is 11.9 Å². The van der Waals surface area contributed by atoms with Gasteiger partial charge in [-0.15, -0.1) is 68.4 Å². The minimum absolute atomic E-state index is 0.0475. The third-order valence-corrected chi connectivity index (χ3v) is 23.6. The molecule has 1 saturated heterocycles. The van der Waals surface area contributed by atoms with Crippen molar-refractivity contribution in [1.82, 2.24) is 61.4 Å². The number of aliphatic carboxylic acids is 2. The van der Waals surface area contributed by atoms with Crippen LogP contribution in [0.5, 0.6) is 5.75 Å². The number of thioether (sulfide) groups is 1. The zero-order valence-electron chi connectivity index (χ0n) is 54.8. The molecule has 1 aliphatic carbocycles. The topological polar surface area (TPSA) is 423 Å². The van der Waals surface area contributed by atoms with Crippen LogP contribution in [0.2, 0.25) is 0 Å². The lowest BCUT2D eigenvalue weighted by atomic mass is 9.86. The van der Waals surface area contributed by atoms with Crippen LogP contribution < -0.4 is 37.1 Å². The average Bonchev–Trinajstić information content (AvgIpc) is 1.62. The zero-order valence-corrected chi connectivity index (χ0v) is 59.7. The molecule has 9 heterocycles. The van der Waals surface area contributed by atoms with E-state index >= 15 is 4.79 Å². The second-order valence-electron chi connectivity index (χ2n) is 25.0. The normalized spacial score (nSPS) is 21.9. The number of aliphatic hydroxyl groups is 2. The van der Waals surface area contributed by atoms with Crippen LogP contribution in [0.15, 0.2) is 93.2 Å². The van der Waals surface area contributed by atoms with Gasteiger partial charge in [0.05, 0.1) is 36.2 Å². The van der Waals surface area contributed by atoms with Gasteiger partial charge in [-0.25, -0.2) is 29.9 Å². The highest BCUT2D eigenvalue weighted by molar-refractivity contribution is 8.14. The molecular weight excluding hydrogens is 1430 g/mol. The summed E-state index contributed by atoms with van der Waals surface area (Å²) in [5.74, 6) is -6.49. The zero-order chi connectivity index (χ0) is 71.9. The van der Waals surface area contributed by atoms with Crippen LogP contribution in [0.25, 0.3) is 32.8 Å². The third-order valence-electron chi connectivity index (χ3n) is 17.8. The van der Waals surface area contributed by atoms with Crippen LogP contribution >= 0.6 is 68.4 Å². The van der Waals surface area contributed by atoms with Crippen molar-refractivity contribution in [2.45, 2.75) is 127 Å². The van der Waals surface area contributed by atoms with Crippen molar-refractivity contribution in [2.24, 2.45) is 22.6 Å². The van der Waals surface area contributed by atoms with Gasteiger partial charge in [-0.05, 0) is 80.8 Å². The van der Waals surface area contributed by atoms with Crippen molar-refractivity contribution < 1.29 is 68.3 Å². The Balaban J connectivity index is 0.889. The minimum Gasteiger partial charge on any atom is -0.484 e. The van der Waals surface area contributed by atoms with Crippen LogP contribution in [0, 0.1) is 18.8 Å². The van der Waals surface area contributed by atoms with Crippen LogP contribution in [0.3, 0.4) is 0 Å². The molecule has 3 aliphatic heterocycles. The van der Waals surface area contributed by atoms with Crippen LogP contribution in [0.4, 0.5) is 0 Å². The highest BCUT2D eigenvalue weighted by Crippen LogP contribution is 2.43. The van der Waals surface area contributed by atoms with E-state index in [0.717, 1.165) is 22.7 Å². The number of ether oxygens (including phenoxy) is 1. The van der Waals surface area contributed by atoms with Gasteiger partial charge in [0.2, 0.25) is 17.7 Å². The van der Waals surface area contributed by atoms with E-state index in [1.165, 1.54) is 56.1 Å². The van der Waals surface area contributed by atoms with E-state index in [1.54, 1.807) is 96.7 Å². The van der Waals surface area contributed by atoms with Gasteiger partial charge in [0.15, 0.2) is 6.61 Å². The molecule has 1 unspecified atom stereocenters. The van der Waals surface area contributed by atoms with E-state index in [2.05, 4.69) is 41.5 Å². The molecule has 10 bridgehead atoms. The molecule has 102 heavy (non-hydrogen) atoms. The van der Waals surface area contributed by atoms with Crippen LogP contribution in [-0.4, -0.2) is 163 Å². The summed E-state index contributed by atoms with van der Waals surface area (Å²) in [7, 11) is 0. The Morgan fingerprint density at radius 3 is 2.22 bits per heavy atom. The van der Waals surface area contributed by atoms with Crippen molar-refractivity contribution >= 4 is 127 Å². The molecule has 6 aromatic heterocycles. The lowest BCUT2D eigenvalue weighted by Gasteiger charge is -2.29. The summed E-state index contributed by atoms with van der Waals surface area (Å²) in [6, 6.07) is 12.8. The number of aliphatic hydroxyl groups excluding tert-OH is 2. The Labute approximate surface area is 607 Å². The number of amides is 7. The highest BCUT2D eigenvalue weighted by Gasteiger charge is 2.46. The molecule has 0 radical (unpaired) electrons. The summed E-state index contributed by atoms with van der Waals surface area (Å²) in [5.41, 5.74) is 8.74. The minimum atomic E-state index is -1.44. The van der Waals surface area contributed by atoms with Crippen molar-refractivity contribution in [3.8, 4) is 38.5 Å². The largest absolute Gasteiger partial charge is 0.484 e. The Bertz CT molecular complexity index is 4490. The molecule has 2 fully saturated rings. The predicted octanol–water partition coefficient (Wildman–Crippen LogP) is 7.22. The first-order chi connectivity index (χ1) is 49.1. The second kappa shape index (κ2) is 32.4. The molecule has 4 aliphatic rings. The summed E-state index contributed by atoms with van der Waals surface area (Å²) >= 11 is 7.02. The number of hydrogen-bond acceptors (Lipinski definition) is 25. The predicted molar refractivity (Wildman–Crippen MR) is 382 cm³/mol. The molecule has 2 aromatic carbocycles. The number of nitrogens with two attached hydrogens (primary N) is 1. The lowest BCUT2D eigenvalue weighted by molar-refractivity contribution is -0.143. The number of carbonyl (C=O) groups excluding carboxylic acids is 7. The Morgan fingerprint density at radius 1 is 0.735 bits per heavy atom. The first-order valence-electron chi connectivity index (χ1n) is 32.8. The molecule has 7 amide bonds. The number of benzene rings is 2. The number of nitrogens with one attached hydrogen (secondary N) is 5. The quantitative estimate of drug-likeness (QED) is 0.0357. The fraction of sp³-hybridized carbons (Fsp3) is 0.382. The van der Waals surface area contributed by atoms with Gasteiger partial charge in [-0.2, -0.15) is 0 Å². The average molecular weight is 1500 g/mol. The summed E-state index contributed by atoms with van der Waals surface area (Å²) in [5, 5.41) is 65.4. The van der Waals surface area contributed by atoms with Gasteiger partial charge in [0.1, 0.15) is 94.2 Å². The Morgan fingerprint density at radius 2 is 1.46 bits per heavy atom. The summed E-state index contributed by atoms with van der Waals surface area (Å²) < 4.78 is 5.78. The number of hydrogen-bond donors (Lipinski definition) is 10. The maximum atomic E-state index is 15.5. The fourth-order valence-electron chi connectivity index (χ4n) is 12.3. The number of carboxylic acid groups (broad SMARTS) is 2. The number of carboxylic acids is 2. The van der Waals surface area contributed by atoms with E-state index in [4.69, 9.17) is 35.5 Å². The summed E-state index contributed by atoms with van der Waals surface area (Å²) in [4.78, 5) is 157. The van der Waals surface area contributed by atoms with Crippen molar-refractivity contribution in [3.63, 3.8) is 0 Å². The maximum absolute atomic E-state index is 15.5. The molecule has 8 aromatic rings. The van der Waals surface area contributed by atoms with E-state index in [1.807, 2.05) is 0 Å². The van der Waals surface area contributed by atoms with E-state index < -0.39 is 108 Å². The van der Waals surface area contributed by atoms with Gasteiger partial charge in [-0.3, -0.25) is 48.1 Å². The molecule has 8 atom stereocenters. The van der Waals surface area contributed by atoms with E-state index in [0.29, 0.717) is 122 Å². The van der Waals surface area contributed by atoms with Gasteiger partial charge in [0.25, 0.3) is 23.6 Å². The molecular formula is C68H70N14O14S6. The Hall–Kier alpha value is -9.29. The van der Waals surface area contributed by atoms with Crippen LogP contribution in [0.1, 0.15) is 157 Å². The number of carbonyl (C=O) groups is 9. The first kappa shape index (κ1) is 72.5. The second-order valence-corrected chi connectivity index (χ2v) is 30.7. The number of thiazole rings is 5. The number of rotatable bonds is 19. The smallest absolute Gasteiger partial charge is 0.306 e. The number of unbranched alkanes of at least 4 members (excludes halogenated alkanes) is 2. The Kier molecular flexibility index (Phi) is 23.0. The number of aromatic nitrogens is 6. The monoisotopic (exact) mass is 1500 g/mol. The highest BCUT2D eigenvalue weighted by atomic mass is 32.2. The van der Waals surface area contributed by atoms with Gasteiger partial charge < -0.3 is 62.4 Å². The van der Waals surface area contributed by atoms with E-state index in [9.17, 15) is 53.7 Å². The summed E-state index contributed by atoms with van der Waals surface area (Å²) in [6.45, 7) is 3.34. The van der Waals surface area contributed by atoms with Gasteiger partial charge in [-0.1, -0.05) is 55.8 Å². The molecule has 12 rings (SSSR count). The van der Waals surface area contributed by atoms with Crippen molar-refractivity contribution in [3.05, 3.63) is 142 Å². The number of fused-ring (bicyclic) bond motifs is 15. The number of aliphatic imine (C=N–C) groups is 1. The fourth-order valence-corrected chi connectivity index (χ4v) is 17.9. The molecule has 34 heteroatoms. The van der Waals surface area contributed by atoms with Crippen LogP contribution in [-0.2, 0) is 35.2 Å². The van der Waals surface area contributed by atoms with E-state index in [-0.39, 0.29) is 70.8 Å². The molecule has 28 nitrogen and oxygen atoms in total. The number of pyridine rings is 1. The number of aryl methyl sites for hydroxylation is 1. The van der Waals surface area contributed by atoms with Crippen molar-refractivity contribution in [2.75, 3.05) is 25.4 Å². The third kappa shape index (κ3) is 17.1. The SMILES string of the molecule is Cc1sc2nc1C(=O)N[C@@H]([C@H](O)c1ccccc1)c1nc(cs1)C(=O)N[C@@H](Cc1ccc(OCC(=O)NCCCCCC(=O)O)cc1)C(=O)N1C[C@H](O)[C@H](C)[C@H]1c1nc(cs1)-c1nc(cs1)-c1nc(-c3nc(C(=O)NC4CCC(C(=O)O)CC4)cs3)ccc1C1=NC(CS1)C(=O)N[C@H]2CC(N)=O. The number of primary amides is 1. The lowest BCUT2D eigenvalue weighted by Crippen LogP contribution is -2.50. The summed E-state index contributed by atoms with van der Waals surface area (Å²) in [6.07, 6.45) is 0.728. The van der Waals surface area contributed by atoms with Gasteiger partial charge in [0, 0.05) is 75.6 Å².